The number of aromatic amines is 1. The Kier molecular flexibility index (Phi) is 2.35. The number of fused-ring (bicyclic) bond motifs is 1. The number of H-pyrrole nitrogens is 1. The fraction of sp³-hybridized carbons (Fsp3) is 0.727. The van der Waals surface area contributed by atoms with Gasteiger partial charge in [0.15, 0.2) is 0 Å². The maximum absolute atomic E-state index is 5.63. The predicted octanol–water partition coefficient (Wildman–Crippen LogP) is 1.52. The van der Waals surface area contributed by atoms with Crippen molar-refractivity contribution in [3.63, 3.8) is 0 Å². The highest BCUT2D eigenvalue weighted by atomic mass is 15.1. The van der Waals surface area contributed by atoms with Gasteiger partial charge in [0.1, 0.15) is 0 Å². The van der Waals surface area contributed by atoms with Crippen molar-refractivity contribution in [3.05, 3.63) is 17.0 Å². The molecule has 1 heterocycles. The standard InChI is InChI=1S/C11H19N3/c1-11(2,6-7-12)10-8-4-3-5-9(8)13-14-10/h3-7,12H2,1-2H3,(H,13,14). The Labute approximate surface area is 85.1 Å². The van der Waals surface area contributed by atoms with Crippen molar-refractivity contribution in [1.82, 2.24) is 10.2 Å². The lowest BCUT2D eigenvalue weighted by atomic mass is 9.83. The van der Waals surface area contributed by atoms with Crippen molar-refractivity contribution in [2.24, 2.45) is 5.73 Å². The summed E-state index contributed by atoms with van der Waals surface area (Å²) in [5.74, 6) is 0. The molecule has 0 aliphatic heterocycles. The number of nitrogens with one attached hydrogen (secondary N) is 1. The Balaban J connectivity index is 2.32. The normalized spacial score (nSPS) is 15.9. The Morgan fingerprint density at radius 2 is 2.21 bits per heavy atom. The summed E-state index contributed by atoms with van der Waals surface area (Å²) in [4.78, 5) is 0. The van der Waals surface area contributed by atoms with E-state index >= 15 is 0 Å². The average Bonchev–Trinajstić information content (AvgIpc) is 2.60. The molecule has 0 atom stereocenters. The second-order valence-electron chi connectivity index (χ2n) is 4.81. The number of rotatable bonds is 3. The topological polar surface area (TPSA) is 54.7 Å². The van der Waals surface area contributed by atoms with Crippen LogP contribution in [0.1, 0.15) is 43.6 Å². The molecule has 3 nitrogen and oxygen atoms in total. The molecule has 1 aromatic rings. The maximum Gasteiger partial charge on any atom is 0.0713 e. The van der Waals surface area contributed by atoms with Crippen LogP contribution in [0.5, 0.6) is 0 Å². The van der Waals surface area contributed by atoms with Crippen molar-refractivity contribution in [3.8, 4) is 0 Å². The molecule has 0 fully saturated rings. The van der Waals surface area contributed by atoms with Gasteiger partial charge in [-0.05, 0) is 37.8 Å². The molecule has 0 unspecified atom stereocenters. The van der Waals surface area contributed by atoms with E-state index in [2.05, 4.69) is 24.0 Å². The smallest absolute Gasteiger partial charge is 0.0713 e. The molecule has 3 heteroatoms. The highest BCUT2D eigenvalue weighted by Gasteiger charge is 2.29. The Morgan fingerprint density at radius 1 is 1.43 bits per heavy atom. The van der Waals surface area contributed by atoms with Crippen LogP contribution in [-0.2, 0) is 18.3 Å². The molecule has 14 heavy (non-hydrogen) atoms. The molecule has 1 aliphatic rings. The zero-order chi connectivity index (χ0) is 10.2. The largest absolute Gasteiger partial charge is 0.330 e. The lowest BCUT2D eigenvalue weighted by Crippen LogP contribution is -2.23. The third kappa shape index (κ3) is 1.46. The molecule has 0 saturated carbocycles. The van der Waals surface area contributed by atoms with Crippen LogP contribution >= 0.6 is 0 Å². The van der Waals surface area contributed by atoms with Crippen LogP contribution in [-0.4, -0.2) is 16.7 Å². The number of nitrogens with zero attached hydrogens (tertiary/aromatic N) is 1. The minimum absolute atomic E-state index is 0.128. The summed E-state index contributed by atoms with van der Waals surface area (Å²) in [6.07, 6.45) is 4.63. The Bertz CT molecular complexity index is 325. The molecule has 0 radical (unpaired) electrons. The van der Waals surface area contributed by atoms with E-state index < -0.39 is 0 Å². The zero-order valence-electron chi connectivity index (χ0n) is 9.06. The van der Waals surface area contributed by atoms with Crippen LogP contribution in [0.15, 0.2) is 0 Å². The minimum atomic E-state index is 0.128. The van der Waals surface area contributed by atoms with Crippen LogP contribution in [0.25, 0.3) is 0 Å². The molecular weight excluding hydrogens is 174 g/mol. The highest BCUT2D eigenvalue weighted by Crippen LogP contribution is 2.33. The third-order valence-electron chi connectivity index (χ3n) is 3.22. The van der Waals surface area contributed by atoms with Gasteiger partial charge in [0.05, 0.1) is 5.69 Å². The first kappa shape index (κ1) is 9.71. The number of hydrogen-bond acceptors (Lipinski definition) is 2. The molecule has 0 saturated heterocycles. The molecule has 0 bridgehead atoms. The summed E-state index contributed by atoms with van der Waals surface area (Å²) in [7, 11) is 0. The first-order valence-corrected chi connectivity index (χ1v) is 5.42. The van der Waals surface area contributed by atoms with Crippen LogP contribution in [0.3, 0.4) is 0 Å². The van der Waals surface area contributed by atoms with Crippen LogP contribution in [0.4, 0.5) is 0 Å². The number of aryl methyl sites for hydroxylation is 1. The first-order chi connectivity index (χ1) is 6.65. The van der Waals surface area contributed by atoms with E-state index in [0.717, 1.165) is 13.0 Å². The Morgan fingerprint density at radius 3 is 2.93 bits per heavy atom. The average molecular weight is 193 g/mol. The minimum Gasteiger partial charge on any atom is -0.330 e. The lowest BCUT2D eigenvalue weighted by Gasteiger charge is -2.22. The van der Waals surface area contributed by atoms with Gasteiger partial charge in [-0.2, -0.15) is 5.10 Å². The fourth-order valence-corrected chi connectivity index (χ4v) is 2.36. The monoisotopic (exact) mass is 193 g/mol. The number of nitrogens with two attached hydrogens (primary N) is 1. The second kappa shape index (κ2) is 3.39. The molecule has 2 rings (SSSR count). The molecule has 0 amide bonds. The number of hydrogen-bond donors (Lipinski definition) is 2. The van der Waals surface area contributed by atoms with E-state index in [0.29, 0.717) is 0 Å². The third-order valence-corrected chi connectivity index (χ3v) is 3.22. The first-order valence-electron chi connectivity index (χ1n) is 5.42. The van der Waals surface area contributed by atoms with Gasteiger partial charge in [0.2, 0.25) is 0 Å². The summed E-state index contributed by atoms with van der Waals surface area (Å²) >= 11 is 0. The van der Waals surface area contributed by atoms with Crippen molar-refractivity contribution >= 4 is 0 Å². The lowest BCUT2D eigenvalue weighted by molar-refractivity contribution is 0.468. The fourth-order valence-electron chi connectivity index (χ4n) is 2.36. The van der Waals surface area contributed by atoms with Gasteiger partial charge in [-0.15, -0.1) is 0 Å². The maximum atomic E-state index is 5.63. The van der Waals surface area contributed by atoms with Gasteiger partial charge in [-0.25, -0.2) is 0 Å². The quantitative estimate of drug-likeness (QED) is 0.764. The summed E-state index contributed by atoms with van der Waals surface area (Å²) in [6.45, 7) is 5.19. The van der Waals surface area contributed by atoms with Crippen molar-refractivity contribution in [2.45, 2.75) is 44.9 Å². The van der Waals surface area contributed by atoms with Crippen LogP contribution < -0.4 is 5.73 Å². The van der Waals surface area contributed by atoms with E-state index in [9.17, 15) is 0 Å². The van der Waals surface area contributed by atoms with Crippen molar-refractivity contribution in [1.29, 1.82) is 0 Å². The second-order valence-corrected chi connectivity index (χ2v) is 4.81. The van der Waals surface area contributed by atoms with Crippen LogP contribution in [0, 0.1) is 0 Å². The van der Waals surface area contributed by atoms with Gasteiger partial charge in [-0.3, -0.25) is 5.10 Å². The molecule has 0 spiro atoms. The van der Waals surface area contributed by atoms with Crippen molar-refractivity contribution < 1.29 is 0 Å². The van der Waals surface area contributed by atoms with E-state index in [1.807, 2.05) is 0 Å². The summed E-state index contributed by atoms with van der Waals surface area (Å²) in [6, 6.07) is 0. The van der Waals surface area contributed by atoms with Crippen LogP contribution in [0.2, 0.25) is 0 Å². The molecule has 78 valence electrons. The number of aromatic nitrogens is 2. The summed E-state index contributed by atoms with van der Waals surface area (Å²) in [5, 5.41) is 7.61. The summed E-state index contributed by atoms with van der Waals surface area (Å²) in [5.41, 5.74) is 9.82. The molecule has 3 N–H and O–H groups in total. The molecule has 0 aromatic carbocycles. The van der Waals surface area contributed by atoms with Gasteiger partial charge in [0.25, 0.3) is 0 Å². The van der Waals surface area contributed by atoms with E-state index in [-0.39, 0.29) is 5.41 Å². The van der Waals surface area contributed by atoms with Gasteiger partial charge < -0.3 is 5.73 Å². The molecule has 1 aliphatic carbocycles. The SMILES string of the molecule is CC(C)(CCN)c1n[nH]c2c1CCC2. The summed E-state index contributed by atoms with van der Waals surface area (Å²) < 4.78 is 0. The van der Waals surface area contributed by atoms with Gasteiger partial charge in [-0.1, -0.05) is 13.8 Å². The van der Waals surface area contributed by atoms with E-state index in [4.69, 9.17) is 5.73 Å². The Hall–Kier alpha value is -0.830. The van der Waals surface area contributed by atoms with Gasteiger partial charge in [0, 0.05) is 11.1 Å². The zero-order valence-corrected chi connectivity index (χ0v) is 9.06. The molecule has 1 aromatic heterocycles. The molecular formula is C11H19N3. The highest BCUT2D eigenvalue weighted by molar-refractivity contribution is 5.34. The predicted molar refractivity (Wildman–Crippen MR) is 57.3 cm³/mol. The van der Waals surface area contributed by atoms with E-state index in [1.165, 1.54) is 36.2 Å². The van der Waals surface area contributed by atoms with Gasteiger partial charge >= 0.3 is 0 Å². The van der Waals surface area contributed by atoms with E-state index in [1.54, 1.807) is 0 Å². The van der Waals surface area contributed by atoms with Crippen molar-refractivity contribution in [2.75, 3.05) is 6.54 Å².